The van der Waals surface area contributed by atoms with Crippen molar-refractivity contribution in [3.8, 4) is 0 Å². The van der Waals surface area contributed by atoms with Gasteiger partial charge in [-0.3, -0.25) is 9.59 Å². The minimum Gasteiger partial charge on any atom is -0.452 e. The van der Waals surface area contributed by atoms with Gasteiger partial charge in [-0.15, -0.1) is 0 Å². The van der Waals surface area contributed by atoms with Crippen LogP contribution in [0.1, 0.15) is 12.5 Å². The van der Waals surface area contributed by atoms with E-state index < -0.39 is 23.8 Å². The number of amides is 1. The van der Waals surface area contributed by atoms with Gasteiger partial charge in [0.15, 0.2) is 6.10 Å². The summed E-state index contributed by atoms with van der Waals surface area (Å²) >= 11 is 0. The number of hydrogen-bond acceptors (Lipinski definition) is 3. The van der Waals surface area contributed by atoms with Crippen LogP contribution in [0.4, 0.5) is 10.1 Å². The van der Waals surface area contributed by atoms with E-state index in [2.05, 4.69) is 5.32 Å². The molecule has 0 saturated carbocycles. The molecule has 26 heavy (non-hydrogen) atoms. The summed E-state index contributed by atoms with van der Waals surface area (Å²) in [5.74, 6) is -1.46. The Kier molecular flexibility index (Phi) is 5.27. The van der Waals surface area contributed by atoms with Gasteiger partial charge in [0.1, 0.15) is 5.82 Å². The molecule has 5 heteroatoms. The van der Waals surface area contributed by atoms with Crippen molar-refractivity contribution >= 4 is 28.3 Å². The first-order chi connectivity index (χ1) is 12.5. The van der Waals surface area contributed by atoms with Crippen molar-refractivity contribution in [1.29, 1.82) is 0 Å². The Labute approximate surface area is 150 Å². The zero-order valence-corrected chi connectivity index (χ0v) is 14.2. The van der Waals surface area contributed by atoms with E-state index in [0.29, 0.717) is 5.69 Å². The van der Waals surface area contributed by atoms with E-state index in [9.17, 15) is 14.0 Å². The summed E-state index contributed by atoms with van der Waals surface area (Å²) in [5, 5.41) is 4.65. The average molecular weight is 351 g/mol. The van der Waals surface area contributed by atoms with Crippen molar-refractivity contribution in [2.24, 2.45) is 0 Å². The van der Waals surface area contributed by atoms with Crippen molar-refractivity contribution in [3.63, 3.8) is 0 Å². The number of anilines is 1. The third kappa shape index (κ3) is 4.45. The highest BCUT2D eigenvalue weighted by atomic mass is 19.1. The molecule has 0 saturated heterocycles. The molecule has 1 N–H and O–H groups in total. The largest absolute Gasteiger partial charge is 0.452 e. The minimum absolute atomic E-state index is 0.0718. The van der Waals surface area contributed by atoms with E-state index in [1.165, 1.54) is 25.1 Å². The second-order valence-corrected chi connectivity index (χ2v) is 5.99. The highest BCUT2D eigenvalue weighted by molar-refractivity contribution is 5.95. The van der Waals surface area contributed by atoms with Gasteiger partial charge in [0, 0.05) is 5.69 Å². The number of halogens is 1. The molecule has 0 fully saturated rings. The van der Waals surface area contributed by atoms with Gasteiger partial charge in [-0.2, -0.15) is 0 Å². The molecule has 0 unspecified atom stereocenters. The number of carbonyl (C=O) groups excluding carboxylic acids is 2. The van der Waals surface area contributed by atoms with Gasteiger partial charge in [-0.25, -0.2) is 4.39 Å². The fraction of sp³-hybridized carbons (Fsp3) is 0.143. The maximum absolute atomic E-state index is 13.1. The summed E-state index contributed by atoms with van der Waals surface area (Å²) in [7, 11) is 0. The Morgan fingerprint density at radius 1 is 1.00 bits per heavy atom. The number of carbonyl (C=O) groups is 2. The molecule has 0 heterocycles. The van der Waals surface area contributed by atoms with Crippen LogP contribution >= 0.6 is 0 Å². The van der Waals surface area contributed by atoms with Crippen molar-refractivity contribution in [3.05, 3.63) is 78.1 Å². The number of rotatable bonds is 5. The minimum atomic E-state index is -0.980. The van der Waals surface area contributed by atoms with Gasteiger partial charge in [-0.05, 0) is 41.5 Å². The Bertz CT molecular complexity index is 955. The number of hydrogen-bond donors (Lipinski definition) is 1. The number of fused-ring (bicyclic) bond motifs is 1. The van der Waals surface area contributed by atoms with Crippen LogP contribution in [-0.4, -0.2) is 18.0 Å². The SMILES string of the molecule is C[C@@H](OC(=O)Cc1ccc2ccccc2c1)C(=O)Nc1cccc(F)c1. The zero-order valence-electron chi connectivity index (χ0n) is 14.2. The Balaban J connectivity index is 1.58. The van der Waals surface area contributed by atoms with E-state index in [1.807, 2.05) is 42.5 Å². The molecule has 0 aliphatic carbocycles. The molecule has 0 spiro atoms. The molecule has 0 aliphatic rings. The third-order valence-electron chi connectivity index (χ3n) is 3.93. The standard InChI is InChI=1S/C21H18FNO3/c1-14(21(25)23-19-8-4-7-18(22)13-19)26-20(24)12-15-9-10-16-5-2-3-6-17(16)11-15/h2-11,13-14H,12H2,1H3,(H,23,25)/t14-/m1/s1. The molecule has 0 radical (unpaired) electrons. The number of nitrogens with one attached hydrogen (secondary N) is 1. The lowest BCUT2D eigenvalue weighted by atomic mass is 10.1. The molecule has 0 bridgehead atoms. The van der Waals surface area contributed by atoms with Crippen LogP contribution in [-0.2, 0) is 20.7 Å². The van der Waals surface area contributed by atoms with Gasteiger partial charge >= 0.3 is 5.97 Å². The zero-order chi connectivity index (χ0) is 18.5. The first-order valence-electron chi connectivity index (χ1n) is 8.25. The summed E-state index contributed by atoms with van der Waals surface area (Å²) in [6.07, 6.45) is -0.909. The van der Waals surface area contributed by atoms with E-state index in [-0.39, 0.29) is 6.42 Å². The van der Waals surface area contributed by atoms with Crippen molar-refractivity contribution in [2.75, 3.05) is 5.32 Å². The van der Waals surface area contributed by atoms with Gasteiger partial charge in [-0.1, -0.05) is 48.5 Å². The van der Waals surface area contributed by atoms with Crippen LogP contribution in [0.3, 0.4) is 0 Å². The summed E-state index contributed by atoms with van der Waals surface area (Å²) in [6, 6.07) is 19.1. The molecule has 1 atom stereocenters. The Hall–Kier alpha value is -3.21. The molecule has 3 aromatic rings. The lowest BCUT2D eigenvalue weighted by Crippen LogP contribution is -2.30. The Morgan fingerprint density at radius 3 is 2.54 bits per heavy atom. The quantitative estimate of drug-likeness (QED) is 0.705. The van der Waals surface area contributed by atoms with Crippen molar-refractivity contribution < 1.29 is 18.7 Å². The van der Waals surface area contributed by atoms with Crippen LogP contribution in [0.5, 0.6) is 0 Å². The van der Waals surface area contributed by atoms with Gasteiger partial charge < -0.3 is 10.1 Å². The summed E-state index contributed by atoms with van der Waals surface area (Å²) < 4.78 is 18.3. The van der Waals surface area contributed by atoms with Crippen molar-refractivity contribution in [2.45, 2.75) is 19.4 Å². The summed E-state index contributed by atoms with van der Waals surface area (Å²) in [4.78, 5) is 24.2. The maximum atomic E-state index is 13.1. The molecule has 1 amide bonds. The van der Waals surface area contributed by atoms with Gasteiger partial charge in [0.25, 0.3) is 5.91 Å². The summed E-state index contributed by atoms with van der Waals surface area (Å²) in [5.41, 5.74) is 1.12. The Morgan fingerprint density at radius 2 is 1.77 bits per heavy atom. The second kappa shape index (κ2) is 7.78. The van der Waals surface area contributed by atoms with Crippen LogP contribution in [0.2, 0.25) is 0 Å². The number of ether oxygens (including phenoxy) is 1. The van der Waals surface area contributed by atoms with E-state index in [1.54, 1.807) is 6.07 Å². The van der Waals surface area contributed by atoms with Gasteiger partial charge in [0.2, 0.25) is 0 Å². The molecule has 3 rings (SSSR count). The molecular weight excluding hydrogens is 333 g/mol. The first kappa shape index (κ1) is 17.6. The van der Waals surface area contributed by atoms with Crippen LogP contribution < -0.4 is 5.32 Å². The van der Waals surface area contributed by atoms with Crippen LogP contribution in [0.25, 0.3) is 10.8 Å². The van der Waals surface area contributed by atoms with Gasteiger partial charge in [0.05, 0.1) is 6.42 Å². The topological polar surface area (TPSA) is 55.4 Å². The van der Waals surface area contributed by atoms with Crippen molar-refractivity contribution in [1.82, 2.24) is 0 Å². The predicted octanol–water partition coefficient (Wildman–Crippen LogP) is 4.09. The predicted molar refractivity (Wildman–Crippen MR) is 98.2 cm³/mol. The van der Waals surface area contributed by atoms with Crippen LogP contribution in [0, 0.1) is 5.82 Å². The maximum Gasteiger partial charge on any atom is 0.311 e. The molecule has 0 aromatic heterocycles. The molecular formula is C21H18FNO3. The monoisotopic (exact) mass is 351 g/mol. The smallest absolute Gasteiger partial charge is 0.311 e. The lowest BCUT2D eigenvalue weighted by molar-refractivity contribution is -0.152. The average Bonchev–Trinajstić information content (AvgIpc) is 2.61. The first-order valence-corrected chi connectivity index (χ1v) is 8.25. The highest BCUT2D eigenvalue weighted by Crippen LogP contribution is 2.16. The van der Waals surface area contributed by atoms with E-state index in [0.717, 1.165) is 16.3 Å². The third-order valence-corrected chi connectivity index (χ3v) is 3.93. The van der Waals surface area contributed by atoms with E-state index >= 15 is 0 Å². The fourth-order valence-corrected chi connectivity index (χ4v) is 2.62. The van der Waals surface area contributed by atoms with E-state index in [4.69, 9.17) is 4.74 Å². The number of esters is 1. The second-order valence-electron chi connectivity index (χ2n) is 5.99. The molecule has 4 nitrogen and oxygen atoms in total. The lowest BCUT2D eigenvalue weighted by Gasteiger charge is -2.14. The molecule has 132 valence electrons. The number of benzene rings is 3. The van der Waals surface area contributed by atoms with Crippen LogP contribution in [0.15, 0.2) is 66.7 Å². The normalized spacial score (nSPS) is 11.8. The highest BCUT2D eigenvalue weighted by Gasteiger charge is 2.18. The summed E-state index contributed by atoms with van der Waals surface area (Å²) in [6.45, 7) is 1.48. The fourth-order valence-electron chi connectivity index (χ4n) is 2.62. The molecule has 0 aliphatic heterocycles. The molecule has 3 aromatic carbocycles.